The molecular formula is C18H22N2O2. The van der Waals surface area contributed by atoms with Gasteiger partial charge in [-0.3, -0.25) is 4.79 Å². The molecule has 4 heteroatoms. The molecule has 0 spiro atoms. The number of ether oxygens (including phenoxy) is 1. The number of benzene rings is 2. The Morgan fingerprint density at radius 3 is 2.50 bits per heavy atom. The third-order valence-electron chi connectivity index (χ3n) is 3.26. The van der Waals surface area contributed by atoms with Gasteiger partial charge in [0, 0.05) is 24.2 Å². The molecule has 2 aromatic rings. The molecule has 0 saturated carbocycles. The van der Waals surface area contributed by atoms with Crippen LogP contribution >= 0.6 is 0 Å². The van der Waals surface area contributed by atoms with Crippen molar-refractivity contribution < 1.29 is 9.53 Å². The van der Waals surface area contributed by atoms with Gasteiger partial charge in [-0.05, 0) is 18.7 Å². The van der Waals surface area contributed by atoms with E-state index in [1.165, 1.54) is 0 Å². The smallest absolute Gasteiger partial charge is 0.225 e. The summed E-state index contributed by atoms with van der Waals surface area (Å²) in [5.41, 5.74) is 2.94. The van der Waals surface area contributed by atoms with Gasteiger partial charge in [0.15, 0.2) is 0 Å². The van der Waals surface area contributed by atoms with E-state index in [9.17, 15) is 4.79 Å². The Kier molecular flexibility index (Phi) is 6.61. The minimum atomic E-state index is 0.00450. The van der Waals surface area contributed by atoms with Gasteiger partial charge in [0.25, 0.3) is 0 Å². The summed E-state index contributed by atoms with van der Waals surface area (Å²) >= 11 is 0. The van der Waals surface area contributed by atoms with E-state index in [0.717, 1.165) is 16.8 Å². The van der Waals surface area contributed by atoms with E-state index in [4.69, 9.17) is 4.74 Å². The van der Waals surface area contributed by atoms with E-state index in [0.29, 0.717) is 26.2 Å². The van der Waals surface area contributed by atoms with Crippen LogP contribution < -0.4 is 10.6 Å². The maximum absolute atomic E-state index is 11.8. The Bertz CT molecular complexity index is 585. The predicted octanol–water partition coefficient (Wildman–Crippen LogP) is 2.95. The highest BCUT2D eigenvalue weighted by Crippen LogP contribution is 2.17. The van der Waals surface area contributed by atoms with Crippen molar-refractivity contribution in [2.45, 2.75) is 19.6 Å². The lowest BCUT2D eigenvalue weighted by molar-refractivity contribution is -0.116. The Balaban J connectivity index is 1.89. The molecule has 0 bridgehead atoms. The summed E-state index contributed by atoms with van der Waals surface area (Å²) < 4.78 is 5.75. The average Bonchev–Trinajstić information content (AvgIpc) is 2.55. The fraction of sp³-hybridized carbons (Fsp3) is 0.278. The zero-order valence-electron chi connectivity index (χ0n) is 12.8. The minimum absolute atomic E-state index is 0.00450. The molecule has 1 amide bonds. The van der Waals surface area contributed by atoms with Crippen molar-refractivity contribution in [2.75, 3.05) is 18.9 Å². The standard InChI is InChI=1S/C18H22N2O2/c1-19-12-11-18(21)20-17-10-6-5-9-16(17)14-22-13-15-7-3-2-4-8-15/h2-10,19H,11-14H2,1H3,(H,20,21). The van der Waals surface area contributed by atoms with Gasteiger partial charge in [0.1, 0.15) is 0 Å². The van der Waals surface area contributed by atoms with Gasteiger partial charge in [-0.2, -0.15) is 0 Å². The first kappa shape index (κ1) is 16.2. The monoisotopic (exact) mass is 298 g/mol. The van der Waals surface area contributed by atoms with Gasteiger partial charge in [0.05, 0.1) is 13.2 Å². The first-order chi connectivity index (χ1) is 10.8. The van der Waals surface area contributed by atoms with Crippen molar-refractivity contribution in [3.05, 3.63) is 65.7 Å². The normalized spacial score (nSPS) is 10.4. The van der Waals surface area contributed by atoms with Gasteiger partial charge in [-0.25, -0.2) is 0 Å². The average molecular weight is 298 g/mol. The van der Waals surface area contributed by atoms with E-state index in [-0.39, 0.29) is 5.91 Å². The van der Waals surface area contributed by atoms with Gasteiger partial charge < -0.3 is 15.4 Å². The molecule has 0 radical (unpaired) electrons. The number of carbonyl (C=O) groups is 1. The molecule has 4 nitrogen and oxygen atoms in total. The lowest BCUT2D eigenvalue weighted by Crippen LogP contribution is -2.19. The van der Waals surface area contributed by atoms with Crippen LogP contribution in [0.15, 0.2) is 54.6 Å². The molecule has 0 saturated heterocycles. The molecule has 0 aliphatic rings. The molecule has 22 heavy (non-hydrogen) atoms. The lowest BCUT2D eigenvalue weighted by atomic mass is 10.2. The van der Waals surface area contributed by atoms with Gasteiger partial charge in [-0.1, -0.05) is 48.5 Å². The summed E-state index contributed by atoms with van der Waals surface area (Å²) in [5.74, 6) is 0.00450. The molecule has 2 rings (SSSR count). The molecule has 0 heterocycles. The number of nitrogens with one attached hydrogen (secondary N) is 2. The summed E-state index contributed by atoms with van der Waals surface area (Å²) in [6.45, 7) is 1.69. The summed E-state index contributed by atoms with van der Waals surface area (Å²) in [6, 6.07) is 17.8. The van der Waals surface area contributed by atoms with E-state index in [2.05, 4.69) is 10.6 Å². The second-order valence-electron chi connectivity index (χ2n) is 5.04. The summed E-state index contributed by atoms with van der Waals surface area (Å²) in [4.78, 5) is 11.8. The maximum atomic E-state index is 11.8. The van der Waals surface area contributed by atoms with Crippen molar-refractivity contribution in [1.29, 1.82) is 0 Å². The Morgan fingerprint density at radius 1 is 1.00 bits per heavy atom. The van der Waals surface area contributed by atoms with Crippen molar-refractivity contribution in [3.63, 3.8) is 0 Å². The topological polar surface area (TPSA) is 50.4 Å². The fourth-order valence-corrected chi connectivity index (χ4v) is 2.07. The molecule has 0 atom stereocenters. The van der Waals surface area contributed by atoms with E-state index < -0.39 is 0 Å². The molecule has 0 aromatic heterocycles. The molecule has 116 valence electrons. The predicted molar refractivity (Wildman–Crippen MR) is 88.6 cm³/mol. The van der Waals surface area contributed by atoms with E-state index >= 15 is 0 Å². The zero-order chi connectivity index (χ0) is 15.6. The number of rotatable bonds is 8. The number of hydrogen-bond acceptors (Lipinski definition) is 3. The first-order valence-corrected chi connectivity index (χ1v) is 7.43. The highest BCUT2D eigenvalue weighted by molar-refractivity contribution is 5.91. The van der Waals surface area contributed by atoms with Crippen LogP contribution in [0, 0.1) is 0 Å². The molecule has 2 aromatic carbocycles. The van der Waals surface area contributed by atoms with Crippen molar-refractivity contribution in [3.8, 4) is 0 Å². The van der Waals surface area contributed by atoms with Crippen LogP contribution in [0.25, 0.3) is 0 Å². The number of amides is 1. The van der Waals surface area contributed by atoms with Crippen LogP contribution in [-0.2, 0) is 22.7 Å². The largest absolute Gasteiger partial charge is 0.372 e. The van der Waals surface area contributed by atoms with Gasteiger partial charge in [-0.15, -0.1) is 0 Å². The molecule has 0 unspecified atom stereocenters. The molecule has 0 fully saturated rings. The first-order valence-electron chi connectivity index (χ1n) is 7.43. The number of hydrogen-bond donors (Lipinski definition) is 2. The van der Waals surface area contributed by atoms with Gasteiger partial charge >= 0.3 is 0 Å². The summed E-state index contributed by atoms with van der Waals surface area (Å²) in [6.07, 6.45) is 0.454. The van der Waals surface area contributed by atoms with Crippen LogP contribution in [0.4, 0.5) is 5.69 Å². The van der Waals surface area contributed by atoms with Crippen molar-refractivity contribution >= 4 is 11.6 Å². The summed E-state index contributed by atoms with van der Waals surface area (Å²) in [7, 11) is 1.83. The van der Waals surface area contributed by atoms with Crippen LogP contribution in [0.2, 0.25) is 0 Å². The molecule has 2 N–H and O–H groups in total. The van der Waals surface area contributed by atoms with Crippen LogP contribution in [0.5, 0.6) is 0 Å². The van der Waals surface area contributed by atoms with Crippen LogP contribution in [0.3, 0.4) is 0 Å². The van der Waals surface area contributed by atoms with Crippen molar-refractivity contribution in [2.24, 2.45) is 0 Å². The second kappa shape index (κ2) is 8.97. The quantitative estimate of drug-likeness (QED) is 0.788. The molecular weight excluding hydrogens is 276 g/mol. The highest BCUT2D eigenvalue weighted by atomic mass is 16.5. The number of carbonyl (C=O) groups excluding carboxylic acids is 1. The highest BCUT2D eigenvalue weighted by Gasteiger charge is 2.06. The van der Waals surface area contributed by atoms with Crippen LogP contribution in [-0.4, -0.2) is 19.5 Å². The van der Waals surface area contributed by atoms with Crippen molar-refractivity contribution in [1.82, 2.24) is 5.32 Å². The number of anilines is 1. The van der Waals surface area contributed by atoms with E-state index in [1.807, 2.05) is 61.6 Å². The number of para-hydroxylation sites is 1. The van der Waals surface area contributed by atoms with Crippen LogP contribution in [0.1, 0.15) is 17.5 Å². The molecule has 0 aliphatic carbocycles. The van der Waals surface area contributed by atoms with Gasteiger partial charge in [0.2, 0.25) is 5.91 Å². The fourth-order valence-electron chi connectivity index (χ4n) is 2.07. The molecule has 0 aliphatic heterocycles. The third kappa shape index (κ3) is 5.31. The Labute approximate surface area is 131 Å². The zero-order valence-corrected chi connectivity index (χ0v) is 12.8. The second-order valence-corrected chi connectivity index (χ2v) is 5.04. The SMILES string of the molecule is CNCCC(=O)Nc1ccccc1COCc1ccccc1. The van der Waals surface area contributed by atoms with E-state index in [1.54, 1.807) is 0 Å². The summed E-state index contributed by atoms with van der Waals surface area (Å²) in [5, 5.41) is 5.90. The third-order valence-corrected chi connectivity index (χ3v) is 3.26. The lowest BCUT2D eigenvalue weighted by Gasteiger charge is -2.11. The minimum Gasteiger partial charge on any atom is -0.372 e. The Morgan fingerprint density at radius 2 is 1.73 bits per heavy atom. The maximum Gasteiger partial charge on any atom is 0.225 e. The Hall–Kier alpha value is -2.17.